The Morgan fingerprint density at radius 1 is 1.43 bits per heavy atom. The Morgan fingerprint density at radius 3 is 2.90 bits per heavy atom. The summed E-state index contributed by atoms with van der Waals surface area (Å²) in [7, 11) is 0. The SMILES string of the molecule is CCCC(C(=O)OCC)c1nc(-c2cccc(Cl)c2)no1. The van der Waals surface area contributed by atoms with Gasteiger partial charge < -0.3 is 9.26 Å². The highest BCUT2D eigenvalue weighted by molar-refractivity contribution is 6.30. The van der Waals surface area contributed by atoms with Crippen LogP contribution < -0.4 is 0 Å². The van der Waals surface area contributed by atoms with Gasteiger partial charge in [0.1, 0.15) is 5.92 Å². The van der Waals surface area contributed by atoms with Gasteiger partial charge in [0, 0.05) is 10.6 Å². The molecule has 112 valence electrons. The van der Waals surface area contributed by atoms with Gasteiger partial charge in [-0.15, -0.1) is 0 Å². The van der Waals surface area contributed by atoms with Crippen LogP contribution in [0.15, 0.2) is 28.8 Å². The minimum Gasteiger partial charge on any atom is -0.465 e. The summed E-state index contributed by atoms with van der Waals surface area (Å²) in [5.41, 5.74) is 0.747. The van der Waals surface area contributed by atoms with E-state index in [0.29, 0.717) is 23.9 Å². The summed E-state index contributed by atoms with van der Waals surface area (Å²) in [6.45, 7) is 4.08. The van der Waals surface area contributed by atoms with Crippen LogP contribution in [-0.2, 0) is 9.53 Å². The summed E-state index contributed by atoms with van der Waals surface area (Å²) < 4.78 is 10.3. The first kappa shape index (κ1) is 15.5. The van der Waals surface area contributed by atoms with E-state index in [1.807, 2.05) is 19.1 Å². The van der Waals surface area contributed by atoms with E-state index >= 15 is 0 Å². The lowest BCUT2D eigenvalue weighted by atomic mass is 10.0. The van der Waals surface area contributed by atoms with Crippen molar-refractivity contribution in [1.29, 1.82) is 0 Å². The van der Waals surface area contributed by atoms with Gasteiger partial charge in [-0.2, -0.15) is 4.98 Å². The Hall–Kier alpha value is -1.88. The second-order valence-corrected chi connectivity index (χ2v) is 5.00. The number of esters is 1. The maximum Gasteiger partial charge on any atom is 0.318 e. The Morgan fingerprint density at radius 2 is 2.24 bits per heavy atom. The van der Waals surface area contributed by atoms with Gasteiger partial charge in [-0.3, -0.25) is 4.79 Å². The van der Waals surface area contributed by atoms with Crippen molar-refractivity contribution in [3.8, 4) is 11.4 Å². The molecule has 1 heterocycles. The Bertz CT molecular complexity index is 612. The molecular weight excluding hydrogens is 292 g/mol. The zero-order chi connectivity index (χ0) is 15.2. The van der Waals surface area contributed by atoms with E-state index in [1.165, 1.54) is 0 Å². The first-order chi connectivity index (χ1) is 10.2. The molecule has 21 heavy (non-hydrogen) atoms. The van der Waals surface area contributed by atoms with Crippen LogP contribution in [0, 0.1) is 0 Å². The second kappa shape index (κ2) is 7.22. The molecule has 1 aromatic heterocycles. The number of rotatable bonds is 6. The summed E-state index contributed by atoms with van der Waals surface area (Å²) >= 11 is 5.95. The lowest BCUT2D eigenvalue weighted by molar-refractivity contribution is -0.145. The van der Waals surface area contributed by atoms with Gasteiger partial charge in [0.15, 0.2) is 0 Å². The molecule has 0 aliphatic carbocycles. The summed E-state index contributed by atoms with van der Waals surface area (Å²) in [4.78, 5) is 16.3. The monoisotopic (exact) mass is 308 g/mol. The van der Waals surface area contributed by atoms with Crippen molar-refractivity contribution in [1.82, 2.24) is 10.1 Å². The summed E-state index contributed by atoms with van der Waals surface area (Å²) in [6.07, 6.45) is 1.42. The fraction of sp³-hybridized carbons (Fsp3) is 0.400. The van der Waals surface area contributed by atoms with Gasteiger partial charge in [0.25, 0.3) is 0 Å². The predicted octanol–water partition coefficient (Wildman–Crippen LogP) is 3.84. The van der Waals surface area contributed by atoms with E-state index in [4.69, 9.17) is 20.9 Å². The van der Waals surface area contributed by atoms with Gasteiger partial charge in [-0.1, -0.05) is 42.2 Å². The van der Waals surface area contributed by atoms with Crippen molar-refractivity contribution in [2.45, 2.75) is 32.6 Å². The maximum atomic E-state index is 12.0. The molecular formula is C15H17ClN2O3. The van der Waals surface area contributed by atoms with Crippen molar-refractivity contribution in [3.63, 3.8) is 0 Å². The molecule has 0 aliphatic rings. The molecule has 1 aromatic carbocycles. The molecule has 0 fully saturated rings. The highest BCUT2D eigenvalue weighted by atomic mass is 35.5. The van der Waals surface area contributed by atoms with Crippen molar-refractivity contribution in [2.24, 2.45) is 0 Å². The van der Waals surface area contributed by atoms with Crippen LogP contribution in [0.25, 0.3) is 11.4 Å². The average Bonchev–Trinajstić information content (AvgIpc) is 2.94. The third kappa shape index (κ3) is 3.82. The minimum absolute atomic E-state index is 0.283. The van der Waals surface area contributed by atoms with Crippen molar-refractivity contribution in [2.75, 3.05) is 6.61 Å². The molecule has 6 heteroatoms. The molecule has 0 amide bonds. The molecule has 0 spiro atoms. The molecule has 2 rings (SSSR count). The zero-order valence-corrected chi connectivity index (χ0v) is 12.8. The molecule has 0 aliphatic heterocycles. The van der Waals surface area contributed by atoms with Crippen LogP contribution in [0.4, 0.5) is 0 Å². The fourth-order valence-electron chi connectivity index (χ4n) is 2.00. The number of hydrogen-bond acceptors (Lipinski definition) is 5. The van der Waals surface area contributed by atoms with Gasteiger partial charge in [-0.25, -0.2) is 0 Å². The number of nitrogens with zero attached hydrogens (tertiary/aromatic N) is 2. The lowest BCUT2D eigenvalue weighted by Gasteiger charge is -2.09. The van der Waals surface area contributed by atoms with Gasteiger partial charge in [0.05, 0.1) is 6.61 Å². The second-order valence-electron chi connectivity index (χ2n) is 4.56. The molecule has 0 saturated carbocycles. The maximum absolute atomic E-state index is 12.0. The third-order valence-corrected chi connectivity index (χ3v) is 3.21. The number of carbonyl (C=O) groups is 1. The van der Waals surface area contributed by atoms with Gasteiger partial charge in [0.2, 0.25) is 11.7 Å². The predicted molar refractivity (Wildman–Crippen MR) is 79.0 cm³/mol. The van der Waals surface area contributed by atoms with E-state index in [2.05, 4.69) is 10.1 Å². The first-order valence-electron chi connectivity index (χ1n) is 6.91. The normalized spacial score (nSPS) is 12.1. The highest BCUT2D eigenvalue weighted by Gasteiger charge is 2.27. The molecule has 0 bridgehead atoms. The van der Waals surface area contributed by atoms with Crippen molar-refractivity contribution < 1.29 is 14.1 Å². The van der Waals surface area contributed by atoms with Crippen molar-refractivity contribution >= 4 is 17.6 Å². The molecule has 1 atom stereocenters. The molecule has 0 N–H and O–H groups in total. The van der Waals surface area contributed by atoms with Crippen LogP contribution in [-0.4, -0.2) is 22.7 Å². The standard InChI is InChI=1S/C15H17ClN2O3/c1-3-6-12(15(19)20-4-2)14-17-13(18-21-14)10-7-5-8-11(16)9-10/h5,7-9,12H,3-4,6H2,1-2H3. The van der Waals surface area contributed by atoms with Crippen LogP contribution in [0.5, 0.6) is 0 Å². The van der Waals surface area contributed by atoms with Crippen LogP contribution in [0.1, 0.15) is 38.5 Å². The molecule has 2 aromatic rings. The summed E-state index contributed by atoms with van der Waals surface area (Å²) in [5, 5.41) is 4.51. The third-order valence-electron chi connectivity index (χ3n) is 2.97. The van der Waals surface area contributed by atoms with Gasteiger partial charge >= 0.3 is 5.97 Å². The van der Waals surface area contributed by atoms with E-state index in [1.54, 1.807) is 19.1 Å². The largest absolute Gasteiger partial charge is 0.465 e. The number of aromatic nitrogens is 2. The summed E-state index contributed by atoms with van der Waals surface area (Å²) in [6, 6.07) is 7.15. The molecule has 1 unspecified atom stereocenters. The van der Waals surface area contributed by atoms with Gasteiger partial charge in [-0.05, 0) is 25.5 Å². The number of hydrogen-bond donors (Lipinski definition) is 0. The Labute approximate surface area is 128 Å². The van der Waals surface area contributed by atoms with E-state index < -0.39 is 5.92 Å². The van der Waals surface area contributed by atoms with E-state index in [-0.39, 0.29) is 11.9 Å². The number of benzene rings is 1. The van der Waals surface area contributed by atoms with Crippen LogP contribution in [0.2, 0.25) is 5.02 Å². The Kier molecular flexibility index (Phi) is 5.33. The molecule has 0 saturated heterocycles. The number of ether oxygens (including phenoxy) is 1. The van der Waals surface area contributed by atoms with E-state index in [0.717, 1.165) is 12.0 Å². The minimum atomic E-state index is -0.518. The van der Waals surface area contributed by atoms with Crippen molar-refractivity contribution in [3.05, 3.63) is 35.2 Å². The first-order valence-corrected chi connectivity index (χ1v) is 7.29. The zero-order valence-electron chi connectivity index (χ0n) is 12.0. The van der Waals surface area contributed by atoms with Crippen LogP contribution in [0.3, 0.4) is 0 Å². The average molecular weight is 309 g/mol. The Balaban J connectivity index is 2.26. The highest BCUT2D eigenvalue weighted by Crippen LogP contribution is 2.25. The lowest BCUT2D eigenvalue weighted by Crippen LogP contribution is -2.16. The number of carbonyl (C=O) groups excluding carboxylic acids is 1. The summed E-state index contributed by atoms with van der Waals surface area (Å²) in [5.74, 6) is -0.154. The molecule has 5 nitrogen and oxygen atoms in total. The topological polar surface area (TPSA) is 65.2 Å². The molecule has 0 radical (unpaired) electrons. The number of halogens is 1. The fourth-order valence-corrected chi connectivity index (χ4v) is 2.19. The van der Waals surface area contributed by atoms with Crippen LogP contribution >= 0.6 is 11.6 Å². The quantitative estimate of drug-likeness (QED) is 0.759. The smallest absolute Gasteiger partial charge is 0.318 e. The van der Waals surface area contributed by atoms with E-state index in [9.17, 15) is 4.79 Å².